The van der Waals surface area contributed by atoms with Crippen LogP contribution in [0.15, 0.2) is 66.9 Å². The molecular formula is C24H25ClN4O2. The second-order valence-corrected chi connectivity index (χ2v) is 7.88. The fourth-order valence-electron chi connectivity index (χ4n) is 2.83. The van der Waals surface area contributed by atoms with Crippen LogP contribution in [0.1, 0.15) is 46.9 Å². The van der Waals surface area contributed by atoms with Gasteiger partial charge in [0.25, 0.3) is 5.91 Å². The molecule has 0 spiro atoms. The van der Waals surface area contributed by atoms with E-state index in [9.17, 15) is 9.59 Å². The van der Waals surface area contributed by atoms with E-state index in [0.717, 1.165) is 16.8 Å². The van der Waals surface area contributed by atoms with Crippen molar-refractivity contribution in [2.75, 3.05) is 5.32 Å². The van der Waals surface area contributed by atoms with Crippen molar-refractivity contribution < 1.29 is 9.59 Å². The fourth-order valence-corrected chi connectivity index (χ4v) is 2.96. The molecule has 0 fully saturated rings. The first-order valence-electron chi connectivity index (χ1n) is 10.0. The number of rotatable bonds is 7. The molecule has 3 rings (SSSR count). The predicted octanol–water partition coefficient (Wildman–Crippen LogP) is 5.11. The van der Waals surface area contributed by atoms with Gasteiger partial charge in [-0.3, -0.25) is 9.78 Å². The number of anilines is 1. The van der Waals surface area contributed by atoms with E-state index in [4.69, 9.17) is 11.6 Å². The van der Waals surface area contributed by atoms with Crippen LogP contribution in [0.2, 0.25) is 5.02 Å². The summed E-state index contributed by atoms with van der Waals surface area (Å²) in [4.78, 5) is 28.7. The Kier molecular flexibility index (Phi) is 7.62. The highest BCUT2D eigenvalue weighted by molar-refractivity contribution is 6.30. The summed E-state index contributed by atoms with van der Waals surface area (Å²) in [6.45, 7) is 4.90. The summed E-state index contributed by atoms with van der Waals surface area (Å²) < 4.78 is 0. The number of urea groups is 1. The number of carbonyl (C=O) groups is 2. The molecular weight excluding hydrogens is 412 g/mol. The molecule has 0 radical (unpaired) electrons. The molecule has 1 aromatic heterocycles. The number of hydrogen-bond donors (Lipinski definition) is 3. The minimum Gasteiger partial charge on any atom is -0.348 e. The number of aromatic nitrogens is 1. The average molecular weight is 437 g/mol. The molecule has 0 saturated carbocycles. The van der Waals surface area contributed by atoms with Gasteiger partial charge in [-0.2, -0.15) is 0 Å². The van der Waals surface area contributed by atoms with Crippen molar-refractivity contribution >= 4 is 29.2 Å². The van der Waals surface area contributed by atoms with Crippen LogP contribution in [0.3, 0.4) is 0 Å². The summed E-state index contributed by atoms with van der Waals surface area (Å²) in [6, 6.07) is 17.9. The van der Waals surface area contributed by atoms with Gasteiger partial charge in [0.2, 0.25) is 0 Å². The Balaban J connectivity index is 1.45. The number of hydrogen-bond acceptors (Lipinski definition) is 3. The van der Waals surface area contributed by atoms with Gasteiger partial charge in [0.05, 0.1) is 5.56 Å². The van der Waals surface area contributed by atoms with Gasteiger partial charge in [-0.15, -0.1) is 0 Å². The van der Waals surface area contributed by atoms with Crippen molar-refractivity contribution in [2.24, 2.45) is 0 Å². The van der Waals surface area contributed by atoms with E-state index in [0.29, 0.717) is 35.3 Å². The van der Waals surface area contributed by atoms with Crippen LogP contribution in [-0.4, -0.2) is 16.9 Å². The number of nitrogens with one attached hydrogen (secondary N) is 3. The monoisotopic (exact) mass is 436 g/mol. The molecule has 3 N–H and O–H groups in total. The molecule has 3 aromatic rings. The normalized spacial score (nSPS) is 10.6. The maximum absolute atomic E-state index is 12.3. The Morgan fingerprint density at radius 3 is 2.06 bits per heavy atom. The molecule has 0 bridgehead atoms. The summed E-state index contributed by atoms with van der Waals surface area (Å²) in [6.07, 6.45) is 1.60. The van der Waals surface area contributed by atoms with Crippen LogP contribution < -0.4 is 16.0 Å². The van der Waals surface area contributed by atoms with Crippen molar-refractivity contribution in [3.05, 3.63) is 94.3 Å². The lowest BCUT2D eigenvalue weighted by Crippen LogP contribution is -2.28. The molecule has 3 amide bonds. The number of halogens is 1. The SMILES string of the molecule is CC(C)c1ccc(C(=O)NCc2ccc(NC(=O)NCc3ccc(Cl)cc3)cc2)cn1. The Bertz CT molecular complexity index is 1020. The van der Waals surface area contributed by atoms with E-state index >= 15 is 0 Å². The summed E-state index contributed by atoms with van der Waals surface area (Å²) in [5.74, 6) is 0.148. The molecule has 160 valence electrons. The Morgan fingerprint density at radius 2 is 1.48 bits per heavy atom. The first kappa shape index (κ1) is 22.3. The van der Waals surface area contributed by atoms with Gasteiger partial charge < -0.3 is 16.0 Å². The first-order valence-corrected chi connectivity index (χ1v) is 10.4. The first-order chi connectivity index (χ1) is 14.9. The number of nitrogens with zero attached hydrogens (tertiary/aromatic N) is 1. The highest BCUT2D eigenvalue weighted by Gasteiger charge is 2.08. The maximum atomic E-state index is 12.3. The molecule has 0 aliphatic carbocycles. The van der Waals surface area contributed by atoms with Crippen LogP contribution in [0.4, 0.5) is 10.5 Å². The molecule has 1 heterocycles. The third-order valence-electron chi connectivity index (χ3n) is 4.67. The van der Waals surface area contributed by atoms with Crippen molar-refractivity contribution in [3.63, 3.8) is 0 Å². The second-order valence-electron chi connectivity index (χ2n) is 7.44. The summed E-state index contributed by atoms with van der Waals surface area (Å²) in [5.41, 5.74) is 4.03. The lowest BCUT2D eigenvalue weighted by atomic mass is 10.1. The fraction of sp³-hybridized carbons (Fsp3) is 0.208. The van der Waals surface area contributed by atoms with Crippen LogP contribution >= 0.6 is 11.6 Å². The minimum absolute atomic E-state index is 0.174. The molecule has 0 unspecified atom stereocenters. The second kappa shape index (κ2) is 10.6. The number of carbonyl (C=O) groups excluding carboxylic acids is 2. The lowest BCUT2D eigenvalue weighted by Gasteiger charge is -2.10. The van der Waals surface area contributed by atoms with Gasteiger partial charge >= 0.3 is 6.03 Å². The minimum atomic E-state index is -0.298. The Morgan fingerprint density at radius 1 is 0.871 bits per heavy atom. The zero-order valence-electron chi connectivity index (χ0n) is 17.5. The molecule has 6 nitrogen and oxygen atoms in total. The molecule has 7 heteroatoms. The van der Waals surface area contributed by atoms with E-state index in [-0.39, 0.29) is 11.9 Å². The zero-order valence-corrected chi connectivity index (χ0v) is 18.2. The zero-order chi connectivity index (χ0) is 22.2. The van der Waals surface area contributed by atoms with Crippen LogP contribution in [-0.2, 0) is 13.1 Å². The smallest absolute Gasteiger partial charge is 0.319 e. The van der Waals surface area contributed by atoms with Gasteiger partial charge in [-0.05, 0) is 53.4 Å². The van der Waals surface area contributed by atoms with Crippen LogP contribution in [0, 0.1) is 0 Å². The molecule has 0 aliphatic rings. The molecule has 0 atom stereocenters. The van der Waals surface area contributed by atoms with Gasteiger partial charge in [0, 0.05) is 35.7 Å². The summed E-state index contributed by atoms with van der Waals surface area (Å²) in [7, 11) is 0. The van der Waals surface area contributed by atoms with Gasteiger partial charge in [0.1, 0.15) is 0 Å². The summed E-state index contributed by atoms with van der Waals surface area (Å²) in [5, 5.41) is 9.11. The molecule has 0 aliphatic heterocycles. The maximum Gasteiger partial charge on any atom is 0.319 e. The third kappa shape index (κ3) is 6.83. The quantitative estimate of drug-likeness (QED) is 0.481. The van der Waals surface area contributed by atoms with E-state index in [1.165, 1.54) is 0 Å². The number of amides is 3. The number of benzene rings is 2. The average Bonchev–Trinajstić information content (AvgIpc) is 2.78. The Labute approximate surface area is 187 Å². The standard InChI is InChI=1S/C24H25ClN4O2/c1-16(2)22-12-7-19(15-26-22)23(30)27-13-18-5-10-21(11-6-18)29-24(31)28-14-17-3-8-20(25)9-4-17/h3-12,15-16H,13-14H2,1-2H3,(H,27,30)(H2,28,29,31). The van der Waals surface area contributed by atoms with E-state index in [2.05, 4.69) is 34.8 Å². The van der Waals surface area contributed by atoms with Crippen LogP contribution in [0.25, 0.3) is 0 Å². The molecule has 0 saturated heterocycles. The largest absolute Gasteiger partial charge is 0.348 e. The van der Waals surface area contributed by atoms with Crippen molar-refractivity contribution in [2.45, 2.75) is 32.9 Å². The van der Waals surface area contributed by atoms with Gasteiger partial charge in [-0.1, -0.05) is 49.7 Å². The van der Waals surface area contributed by atoms with Crippen LogP contribution in [0.5, 0.6) is 0 Å². The Hall–Kier alpha value is -3.38. The van der Waals surface area contributed by atoms with Gasteiger partial charge in [0.15, 0.2) is 0 Å². The lowest BCUT2D eigenvalue weighted by molar-refractivity contribution is 0.0950. The third-order valence-corrected chi connectivity index (χ3v) is 4.92. The van der Waals surface area contributed by atoms with Gasteiger partial charge in [-0.25, -0.2) is 4.79 Å². The van der Waals surface area contributed by atoms with E-state index in [1.807, 2.05) is 30.3 Å². The highest BCUT2D eigenvalue weighted by Crippen LogP contribution is 2.13. The molecule has 2 aromatic carbocycles. The molecule has 31 heavy (non-hydrogen) atoms. The topological polar surface area (TPSA) is 83.1 Å². The highest BCUT2D eigenvalue weighted by atomic mass is 35.5. The number of pyridine rings is 1. The van der Waals surface area contributed by atoms with Crippen molar-refractivity contribution in [1.29, 1.82) is 0 Å². The predicted molar refractivity (Wildman–Crippen MR) is 123 cm³/mol. The van der Waals surface area contributed by atoms with Crippen molar-refractivity contribution in [1.82, 2.24) is 15.6 Å². The van der Waals surface area contributed by atoms with E-state index in [1.54, 1.807) is 36.5 Å². The van der Waals surface area contributed by atoms with Crippen molar-refractivity contribution in [3.8, 4) is 0 Å². The van der Waals surface area contributed by atoms with E-state index < -0.39 is 0 Å². The summed E-state index contributed by atoms with van der Waals surface area (Å²) >= 11 is 5.86.